The van der Waals surface area contributed by atoms with Gasteiger partial charge in [0.25, 0.3) is 0 Å². The number of para-hydroxylation sites is 1. The fourth-order valence-corrected chi connectivity index (χ4v) is 5.23. The number of aromatic amines is 1. The van der Waals surface area contributed by atoms with Crippen molar-refractivity contribution in [2.24, 2.45) is 5.92 Å². The molecule has 0 saturated carbocycles. The molecular weight excluding hydrogens is 448 g/mol. The summed E-state index contributed by atoms with van der Waals surface area (Å²) < 4.78 is 5.22. The van der Waals surface area contributed by atoms with E-state index >= 15 is 0 Å². The monoisotopic (exact) mass is 482 g/mol. The second kappa shape index (κ2) is 11.0. The van der Waals surface area contributed by atoms with E-state index in [4.69, 9.17) is 4.74 Å². The first kappa shape index (κ1) is 24.1. The summed E-state index contributed by atoms with van der Waals surface area (Å²) in [5.41, 5.74) is 5.74. The maximum Gasteiger partial charge on any atom is 0.223 e. The number of nitrogens with zero attached hydrogens (tertiary/aromatic N) is 2. The maximum atomic E-state index is 13.4. The predicted molar refractivity (Wildman–Crippen MR) is 143 cm³/mol. The number of hydrogen-bond donors (Lipinski definition) is 2. The Morgan fingerprint density at radius 2 is 1.89 bits per heavy atom. The van der Waals surface area contributed by atoms with Crippen LogP contribution in [-0.2, 0) is 11.2 Å². The van der Waals surface area contributed by atoms with Crippen LogP contribution in [0.1, 0.15) is 41.1 Å². The smallest absolute Gasteiger partial charge is 0.223 e. The average Bonchev–Trinajstić information content (AvgIpc) is 3.34. The van der Waals surface area contributed by atoms with E-state index in [1.165, 1.54) is 16.5 Å². The predicted octanol–water partition coefficient (Wildman–Crippen LogP) is 5.04. The molecule has 1 aliphatic heterocycles. The van der Waals surface area contributed by atoms with Crippen LogP contribution in [0.5, 0.6) is 5.88 Å². The van der Waals surface area contributed by atoms with Crippen LogP contribution in [0.25, 0.3) is 10.9 Å². The minimum absolute atomic E-state index is 0.0204. The van der Waals surface area contributed by atoms with Gasteiger partial charge in [-0.25, -0.2) is 4.98 Å². The molecule has 2 aromatic carbocycles. The summed E-state index contributed by atoms with van der Waals surface area (Å²) in [6.45, 7) is 4.98. The summed E-state index contributed by atoms with van der Waals surface area (Å²) in [5, 5.41) is 4.65. The van der Waals surface area contributed by atoms with Gasteiger partial charge in [0.15, 0.2) is 0 Å². The van der Waals surface area contributed by atoms with Crippen LogP contribution in [0, 0.1) is 12.8 Å². The molecule has 2 N–H and O–H groups in total. The lowest BCUT2D eigenvalue weighted by atomic mass is 9.92. The van der Waals surface area contributed by atoms with E-state index in [0.29, 0.717) is 5.88 Å². The summed E-state index contributed by atoms with van der Waals surface area (Å²) in [6, 6.07) is 20.3. The number of aromatic nitrogens is 2. The first-order valence-electron chi connectivity index (χ1n) is 12.8. The van der Waals surface area contributed by atoms with Crippen molar-refractivity contribution >= 4 is 16.8 Å². The second-order valence-electron chi connectivity index (χ2n) is 9.66. The number of aryl methyl sites for hydroxylation is 1. The van der Waals surface area contributed by atoms with Gasteiger partial charge in [0.1, 0.15) is 0 Å². The number of hydrogen-bond acceptors (Lipinski definition) is 4. The third-order valence-electron chi connectivity index (χ3n) is 7.42. The number of carbonyl (C=O) groups is 1. The first-order valence-corrected chi connectivity index (χ1v) is 12.8. The molecule has 36 heavy (non-hydrogen) atoms. The lowest BCUT2D eigenvalue weighted by molar-refractivity contribution is -0.127. The molecule has 1 aliphatic rings. The summed E-state index contributed by atoms with van der Waals surface area (Å²) in [7, 11) is 1.61. The van der Waals surface area contributed by atoms with Gasteiger partial charge in [-0.2, -0.15) is 0 Å². The van der Waals surface area contributed by atoms with Crippen molar-refractivity contribution in [3.8, 4) is 5.88 Å². The van der Waals surface area contributed by atoms with Gasteiger partial charge in [-0.05, 0) is 73.7 Å². The molecule has 1 amide bonds. The van der Waals surface area contributed by atoms with Crippen LogP contribution in [0.15, 0.2) is 73.1 Å². The lowest BCUT2D eigenvalue weighted by Gasteiger charge is -2.32. The molecule has 1 unspecified atom stereocenters. The van der Waals surface area contributed by atoms with Gasteiger partial charge >= 0.3 is 0 Å². The standard InChI is InChI=1S/C30H34N4O2/c1-21-7-3-4-8-25(21)29(24-11-12-28(36-2)32-20-24)33-30(35)22-13-16-34(17-14-22)18-15-23-19-31-27-10-6-5-9-26(23)27/h3-12,19-20,22,29,31H,13-18H2,1-2H3,(H,33,35). The molecule has 186 valence electrons. The van der Waals surface area contributed by atoms with Gasteiger partial charge in [0, 0.05) is 41.8 Å². The number of piperidine rings is 1. The number of likely N-dealkylation sites (tertiary alicyclic amines) is 1. The molecule has 1 saturated heterocycles. The van der Waals surface area contributed by atoms with Gasteiger partial charge in [0.05, 0.1) is 13.2 Å². The van der Waals surface area contributed by atoms with E-state index in [0.717, 1.165) is 55.6 Å². The molecule has 0 spiro atoms. The largest absolute Gasteiger partial charge is 0.481 e. The molecule has 4 aromatic rings. The van der Waals surface area contributed by atoms with Crippen molar-refractivity contribution < 1.29 is 9.53 Å². The molecule has 0 aliphatic carbocycles. The molecule has 2 aromatic heterocycles. The fourth-order valence-electron chi connectivity index (χ4n) is 5.23. The van der Waals surface area contributed by atoms with Crippen LogP contribution in [0.3, 0.4) is 0 Å². The number of H-pyrrole nitrogens is 1. The van der Waals surface area contributed by atoms with Crippen LogP contribution in [0.4, 0.5) is 0 Å². The SMILES string of the molecule is COc1ccc(C(NC(=O)C2CCN(CCc3c[nH]c4ccccc34)CC2)c2ccccc2C)cn1. The minimum atomic E-state index is -0.239. The highest BCUT2D eigenvalue weighted by atomic mass is 16.5. The third kappa shape index (κ3) is 5.29. The van der Waals surface area contributed by atoms with Crippen LogP contribution in [-0.4, -0.2) is 47.5 Å². The highest BCUT2D eigenvalue weighted by Crippen LogP contribution is 2.27. The molecule has 3 heterocycles. The van der Waals surface area contributed by atoms with Gasteiger partial charge in [0.2, 0.25) is 11.8 Å². The van der Waals surface area contributed by atoms with E-state index in [-0.39, 0.29) is 17.9 Å². The average molecular weight is 483 g/mol. The van der Waals surface area contributed by atoms with Crippen molar-refractivity contribution in [3.05, 3.63) is 95.3 Å². The fraction of sp³-hybridized carbons (Fsp3) is 0.333. The molecule has 6 heteroatoms. The normalized spacial score (nSPS) is 15.6. The van der Waals surface area contributed by atoms with Crippen LogP contribution >= 0.6 is 0 Å². The van der Waals surface area contributed by atoms with Crippen LogP contribution in [0.2, 0.25) is 0 Å². The van der Waals surface area contributed by atoms with E-state index in [2.05, 4.69) is 69.7 Å². The van der Waals surface area contributed by atoms with Gasteiger partial charge < -0.3 is 19.9 Å². The van der Waals surface area contributed by atoms with Gasteiger partial charge in [-0.3, -0.25) is 4.79 Å². The zero-order valence-corrected chi connectivity index (χ0v) is 21.0. The number of pyridine rings is 1. The molecule has 0 bridgehead atoms. The van der Waals surface area contributed by atoms with E-state index in [1.807, 2.05) is 24.3 Å². The Labute approximate surface area is 212 Å². The number of fused-ring (bicyclic) bond motifs is 1. The van der Waals surface area contributed by atoms with Gasteiger partial charge in [-0.15, -0.1) is 0 Å². The molecule has 6 nitrogen and oxygen atoms in total. The summed E-state index contributed by atoms with van der Waals surface area (Å²) >= 11 is 0. The number of methoxy groups -OCH3 is 1. The molecule has 0 radical (unpaired) electrons. The Bertz CT molecular complexity index is 1310. The van der Waals surface area contributed by atoms with E-state index < -0.39 is 0 Å². The Morgan fingerprint density at radius 1 is 1.11 bits per heavy atom. The Kier molecular flexibility index (Phi) is 7.33. The highest BCUT2D eigenvalue weighted by molar-refractivity contribution is 5.83. The van der Waals surface area contributed by atoms with Crippen molar-refractivity contribution in [2.75, 3.05) is 26.7 Å². The first-order chi connectivity index (χ1) is 17.6. The van der Waals surface area contributed by atoms with E-state index in [9.17, 15) is 4.79 Å². The Balaban J connectivity index is 1.21. The summed E-state index contributed by atoms with van der Waals surface area (Å²) in [4.78, 5) is 23.6. The number of benzene rings is 2. The van der Waals surface area contributed by atoms with Crippen molar-refractivity contribution in [2.45, 2.75) is 32.2 Å². The number of amides is 1. The van der Waals surface area contributed by atoms with Crippen LogP contribution < -0.4 is 10.1 Å². The second-order valence-corrected chi connectivity index (χ2v) is 9.66. The Hall–Kier alpha value is -3.64. The summed E-state index contributed by atoms with van der Waals surface area (Å²) in [5.74, 6) is 0.705. The van der Waals surface area contributed by atoms with E-state index in [1.54, 1.807) is 13.3 Å². The number of carbonyl (C=O) groups excluding carboxylic acids is 1. The topological polar surface area (TPSA) is 70.2 Å². The Morgan fingerprint density at radius 3 is 2.64 bits per heavy atom. The molecule has 1 atom stereocenters. The number of rotatable bonds is 8. The zero-order chi connectivity index (χ0) is 24.9. The quantitative estimate of drug-likeness (QED) is 0.369. The zero-order valence-electron chi connectivity index (χ0n) is 21.0. The number of ether oxygens (including phenoxy) is 1. The third-order valence-corrected chi connectivity index (χ3v) is 7.42. The lowest BCUT2D eigenvalue weighted by Crippen LogP contribution is -2.42. The van der Waals surface area contributed by atoms with Gasteiger partial charge in [-0.1, -0.05) is 42.5 Å². The minimum Gasteiger partial charge on any atom is -0.481 e. The maximum absolute atomic E-state index is 13.4. The highest BCUT2D eigenvalue weighted by Gasteiger charge is 2.28. The number of nitrogens with one attached hydrogen (secondary N) is 2. The van der Waals surface area contributed by atoms with Crippen molar-refractivity contribution in [1.82, 2.24) is 20.2 Å². The molecular formula is C30H34N4O2. The van der Waals surface area contributed by atoms with Crippen molar-refractivity contribution in [3.63, 3.8) is 0 Å². The summed E-state index contributed by atoms with van der Waals surface area (Å²) in [6.07, 6.45) is 6.69. The molecule has 5 rings (SSSR count). The van der Waals surface area contributed by atoms with Crippen molar-refractivity contribution in [1.29, 1.82) is 0 Å². The molecule has 1 fully saturated rings.